The highest BCUT2D eigenvalue weighted by atomic mass is 16.5. The first kappa shape index (κ1) is 36.6. The van der Waals surface area contributed by atoms with Crippen LogP contribution in [0.25, 0.3) is 0 Å². The standard InChI is InChI=1S/C16H34.C13H16O3.2C2H6/c1-6-9-15(4)12-8-13-16(5)11-7-10-14(2)3;1-8-6-12(16-10(3)14)7-11-5-4-9(2)15-13(8)11;2*1-2/h14-16H,6-13H2,1-5H3;6-7,9H,4-5H2,1-3H3;2*1-2H3. The Morgan fingerprint density at radius 2 is 1.47 bits per heavy atom. The average molecular weight is 507 g/mol. The van der Waals surface area contributed by atoms with E-state index in [-0.39, 0.29) is 12.1 Å². The maximum atomic E-state index is 10.9. The molecule has 0 radical (unpaired) electrons. The number of carbonyl (C=O) groups excluding carboxylic acids is 1. The number of esters is 1. The molecule has 3 heteroatoms. The van der Waals surface area contributed by atoms with Crippen molar-refractivity contribution in [3.05, 3.63) is 23.3 Å². The number of hydrogen-bond acceptors (Lipinski definition) is 3. The predicted octanol–water partition coefficient (Wildman–Crippen LogP) is 10.7. The van der Waals surface area contributed by atoms with Crippen LogP contribution in [0.3, 0.4) is 0 Å². The molecule has 1 aromatic carbocycles. The zero-order chi connectivity index (χ0) is 28.1. The molecule has 0 aromatic heterocycles. The van der Waals surface area contributed by atoms with E-state index in [1.807, 2.05) is 46.8 Å². The minimum atomic E-state index is -0.288. The maximum Gasteiger partial charge on any atom is 0.308 e. The van der Waals surface area contributed by atoms with Gasteiger partial charge in [0.25, 0.3) is 0 Å². The zero-order valence-electron chi connectivity index (χ0n) is 26.3. The van der Waals surface area contributed by atoms with Gasteiger partial charge in [0.1, 0.15) is 11.5 Å². The van der Waals surface area contributed by atoms with Crippen LogP contribution >= 0.6 is 0 Å². The maximum absolute atomic E-state index is 10.9. The third-order valence-electron chi connectivity index (χ3n) is 6.38. The summed E-state index contributed by atoms with van der Waals surface area (Å²) in [5.41, 5.74) is 2.16. The van der Waals surface area contributed by atoms with Crippen LogP contribution in [0.2, 0.25) is 0 Å². The first-order valence-electron chi connectivity index (χ1n) is 15.1. The molecule has 2 rings (SSSR count). The second-order valence-corrected chi connectivity index (χ2v) is 10.5. The molecule has 0 N–H and O–H groups in total. The number of fused-ring (bicyclic) bond motifs is 1. The van der Waals surface area contributed by atoms with Crippen LogP contribution in [0.4, 0.5) is 0 Å². The fraction of sp³-hybridized carbons (Fsp3) is 0.788. The Morgan fingerprint density at radius 1 is 0.944 bits per heavy atom. The van der Waals surface area contributed by atoms with Crippen molar-refractivity contribution in [1.82, 2.24) is 0 Å². The number of benzene rings is 1. The van der Waals surface area contributed by atoms with Crippen molar-refractivity contribution >= 4 is 5.97 Å². The van der Waals surface area contributed by atoms with Crippen molar-refractivity contribution in [2.45, 2.75) is 153 Å². The minimum Gasteiger partial charge on any atom is -0.490 e. The van der Waals surface area contributed by atoms with Crippen molar-refractivity contribution < 1.29 is 14.3 Å². The summed E-state index contributed by atoms with van der Waals surface area (Å²) < 4.78 is 10.9. The smallest absolute Gasteiger partial charge is 0.308 e. The molecule has 1 heterocycles. The van der Waals surface area contributed by atoms with Crippen molar-refractivity contribution in [2.24, 2.45) is 17.8 Å². The molecule has 212 valence electrons. The lowest BCUT2D eigenvalue weighted by molar-refractivity contribution is -0.131. The molecule has 1 aliphatic heterocycles. The van der Waals surface area contributed by atoms with Gasteiger partial charge in [0, 0.05) is 6.92 Å². The van der Waals surface area contributed by atoms with E-state index in [9.17, 15) is 4.79 Å². The van der Waals surface area contributed by atoms with E-state index < -0.39 is 0 Å². The normalized spacial score (nSPS) is 15.4. The van der Waals surface area contributed by atoms with E-state index in [0.29, 0.717) is 5.75 Å². The molecule has 0 spiro atoms. The van der Waals surface area contributed by atoms with Gasteiger partial charge < -0.3 is 9.47 Å². The van der Waals surface area contributed by atoms with Gasteiger partial charge in [-0.3, -0.25) is 4.79 Å². The third kappa shape index (κ3) is 17.8. The number of aryl methyl sites for hydroxylation is 2. The van der Waals surface area contributed by atoms with Gasteiger partial charge in [-0.25, -0.2) is 0 Å². The zero-order valence-corrected chi connectivity index (χ0v) is 26.3. The van der Waals surface area contributed by atoms with Crippen LogP contribution < -0.4 is 9.47 Å². The summed E-state index contributed by atoms with van der Waals surface area (Å²) in [7, 11) is 0. The molecule has 3 unspecified atom stereocenters. The van der Waals surface area contributed by atoms with Gasteiger partial charge in [0.2, 0.25) is 0 Å². The Bertz CT molecular complexity index is 665. The van der Waals surface area contributed by atoms with E-state index in [1.54, 1.807) is 0 Å². The molecular formula is C33H62O3. The minimum absolute atomic E-state index is 0.269. The SMILES string of the molecule is CC.CC.CC(=O)Oc1cc(C)c2c(c1)CCC(C)O2.CCCC(C)CCCC(C)CCCC(C)C. The van der Waals surface area contributed by atoms with Crippen LogP contribution in [0, 0.1) is 24.7 Å². The van der Waals surface area contributed by atoms with Gasteiger partial charge in [-0.05, 0) is 67.7 Å². The van der Waals surface area contributed by atoms with Gasteiger partial charge in [0.05, 0.1) is 6.10 Å². The van der Waals surface area contributed by atoms with Gasteiger partial charge in [-0.1, -0.05) is 114 Å². The van der Waals surface area contributed by atoms with Crippen LogP contribution in [0.1, 0.15) is 145 Å². The van der Waals surface area contributed by atoms with Crippen LogP contribution in [0.5, 0.6) is 11.5 Å². The monoisotopic (exact) mass is 506 g/mol. The molecule has 3 atom stereocenters. The topological polar surface area (TPSA) is 35.5 Å². The van der Waals surface area contributed by atoms with E-state index in [4.69, 9.17) is 9.47 Å². The third-order valence-corrected chi connectivity index (χ3v) is 6.38. The first-order valence-corrected chi connectivity index (χ1v) is 15.1. The van der Waals surface area contributed by atoms with E-state index in [1.165, 1.54) is 58.3 Å². The number of hydrogen-bond donors (Lipinski definition) is 0. The molecule has 0 saturated carbocycles. The predicted molar refractivity (Wildman–Crippen MR) is 159 cm³/mol. The Labute approximate surface area is 226 Å². The summed E-state index contributed by atoms with van der Waals surface area (Å²) in [6, 6.07) is 3.74. The van der Waals surface area contributed by atoms with Crippen molar-refractivity contribution in [3.63, 3.8) is 0 Å². The highest BCUT2D eigenvalue weighted by molar-refractivity contribution is 5.69. The average Bonchev–Trinajstić information content (AvgIpc) is 2.82. The summed E-state index contributed by atoms with van der Waals surface area (Å²) in [6.45, 7) is 25.3. The Morgan fingerprint density at radius 3 is 1.97 bits per heavy atom. The second-order valence-electron chi connectivity index (χ2n) is 10.5. The van der Waals surface area contributed by atoms with Gasteiger partial charge in [0.15, 0.2) is 0 Å². The Balaban J connectivity index is 0. The summed E-state index contributed by atoms with van der Waals surface area (Å²) in [5.74, 6) is 4.07. The van der Waals surface area contributed by atoms with Crippen LogP contribution in [-0.2, 0) is 11.2 Å². The fourth-order valence-corrected chi connectivity index (χ4v) is 4.48. The fourth-order valence-electron chi connectivity index (χ4n) is 4.48. The lowest BCUT2D eigenvalue weighted by Crippen LogP contribution is -2.19. The summed E-state index contributed by atoms with van der Waals surface area (Å²) >= 11 is 0. The molecule has 0 saturated heterocycles. The molecule has 36 heavy (non-hydrogen) atoms. The van der Waals surface area contributed by atoms with E-state index in [0.717, 1.165) is 47.5 Å². The molecule has 0 aliphatic carbocycles. The largest absolute Gasteiger partial charge is 0.490 e. The summed E-state index contributed by atoms with van der Waals surface area (Å²) in [5, 5.41) is 0. The molecule has 0 amide bonds. The molecule has 1 aliphatic rings. The first-order chi connectivity index (χ1) is 17.1. The van der Waals surface area contributed by atoms with E-state index >= 15 is 0 Å². The van der Waals surface area contributed by atoms with Crippen LogP contribution in [0.15, 0.2) is 12.1 Å². The van der Waals surface area contributed by atoms with Gasteiger partial charge >= 0.3 is 5.97 Å². The van der Waals surface area contributed by atoms with Gasteiger partial charge in [-0.2, -0.15) is 0 Å². The number of rotatable bonds is 11. The summed E-state index contributed by atoms with van der Waals surface area (Å²) in [4.78, 5) is 10.9. The highest BCUT2D eigenvalue weighted by Gasteiger charge is 2.19. The lowest BCUT2D eigenvalue weighted by atomic mass is 9.92. The summed E-state index contributed by atoms with van der Waals surface area (Å²) in [6.07, 6.45) is 13.7. The van der Waals surface area contributed by atoms with Crippen molar-refractivity contribution in [1.29, 1.82) is 0 Å². The lowest BCUT2D eigenvalue weighted by Gasteiger charge is -2.25. The van der Waals surface area contributed by atoms with Crippen molar-refractivity contribution in [3.8, 4) is 11.5 Å². The van der Waals surface area contributed by atoms with Crippen LogP contribution in [-0.4, -0.2) is 12.1 Å². The highest BCUT2D eigenvalue weighted by Crippen LogP contribution is 2.34. The number of carbonyl (C=O) groups is 1. The van der Waals surface area contributed by atoms with Gasteiger partial charge in [-0.15, -0.1) is 0 Å². The number of ether oxygens (including phenoxy) is 2. The molecular weight excluding hydrogens is 444 g/mol. The second kappa shape index (κ2) is 22.7. The quantitative estimate of drug-likeness (QED) is 0.221. The molecule has 0 bridgehead atoms. The molecule has 0 fully saturated rings. The Kier molecular flexibility index (Phi) is 23.1. The van der Waals surface area contributed by atoms with Crippen molar-refractivity contribution in [2.75, 3.05) is 0 Å². The Hall–Kier alpha value is -1.51. The molecule has 3 nitrogen and oxygen atoms in total. The van der Waals surface area contributed by atoms with E-state index in [2.05, 4.69) is 41.5 Å². The molecule has 1 aromatic rings.